The van der Waals surface area contributed by atoms with Crippen molar-refractivity contribution in [1.29, 1.82) is 0 Å². The zero-order valence-corrected chi connectivity index (χ0v) is 12.7. The van der Waals surface area contributed by atoms with Gasteiger partial charge in [0.15, 0.2) is 0 Å². The van der Waals surface area contributed by atoms with Crippen LogP contribution in [0.25, 0.3) is 0 Å². The highest BCUT2D eigenvalue weighted by Crippen LogP contribution is 2.17. The van der Waals surface area contributed by atoms with E-state index in [9.17, 15) is 4.79 Å². The van der Waals surface area contributed by atoms with Crippen LogP contribution in [0.5, 0.6) is 0 Å². The molecule has 1 aromatic heterocycles. The van der Waals surface area contributed by atoms with Crippen LogP contribution in [-0.4, -0.2) is 41.5 Å². The smallest absolute Gasteiger partial charge is 0.270 e. The number of amides is 1. The first-order valence-corrected chi connectivity index (χ1v) is 6.95. The minimum atomic E-state index is 0. The van der Waals surface area contributed by atoms with Crippen LogP contribution in [0.3, 0.4) is 0 Å². The van der Waals surface area contributed by atoms with Gasteiger partial charge in [0.2, 0.25) is 0 Å². The normalized spacial score (nSPS) is 15.9. The van der Waals surface area contributed by atoms with Gasteiger partial charge < -0.3 is 15.2 Å². The van der Waals surface area contributed by atoms with Crippen LogP contribution >= 0.6 is 24.0 Å². The average Bonchev–Trinajstić information content (AvgIpc) is 2.83. The van der Waals surface area contributed by atoms with Crippen molar-refractivity contribution in [2.24, 2.45) is 0 Å². The summed E-state index contributed by atoms with van der Waals surface area (Å²) in [7, 11) is 0. The number of carbonyl (C=O) groups is 1. The Morgan fingerprint density at radius 1 is 1.47 bits per heavy atom. The van der Waals surface area contributed by atoms with Gasteiger partial charge in [0, 0.05) is 18.8 Å². The minimum Gasteiger partial charge on any atom is -0.356 e. The molecule has 19 heavy (non-hydrogen) atoms. The van der Waals surface area contributed by atoms with E-state index in [2.05, 4.69) is 17.2 Å². The van der Waals surface area contributed by atoms with Crippen molar-refractivity contribution in [2.45, 2.75) is 32.2 Å². The number of halogens is 2. The fraction of sp³-hybridized carbons (Fsp3) is 0.615. The number of rotatable bonds is 4. The molecule has 0 aliphatic carbocycles. The molecule has 0 unspecified atom stereocenters. The number of aromatic nitrogens is 1. The summed E-state index contributed by atoms with van der Waals surface area (Å²) in [6, 6.07) is 2.05. The zero-order chi connectivity index (χ0) is 13.0. The molecule has 1 aliphatic rings. The zero-order valence-electron chi connectivity index (χ0n) is 11.1. The maximum Gasteiger partial charge on any atom is 0.270 e. The van der Waals surface area contributed by atoms with E-state index in [-0.39, 0.29) is 18.3 Å². The maximum absolute atomic E-state index is 12.5. The first kappa shape index (κ1) is 16.3. The number of hydrogen-bond acceptors (Lipinski definition) is 2. The molecule has 2 heterocycles. The number of hydrogen-bond donors (Lipinski definition) is 2. The molecule has 1 aromatic rings. The highest BCUT2D eigenvalue weighted by Gasteiger charge is 2.26. The molecule has 1 saturated heterocycles. The molecule has 0 saturated carbocycles. The molecule has 2 rings (SSSR count). The monoisotopic (exact) mass is 305 g/mol. The standard InChI is InChI=1S/C13H20ClN3O.ClH/c1-2-7-17(11-3-5-15-6-4-11)13(18)12-8-10(14)9-16-12;/h8-9,11,15-16H,2-7H2,1H3;1H. The van der Waals surface area contributed by atoms with Crippen LogP contribution in [0.2, 0.25) is 5.02 Å². The van der Waals surface area contributed by atoms with Crippen molar-refractivity contribution in [3.05, 3.63) is 23.0 Å². The highest BCUT2D eigenvalue weighted by molar-refractivity contribution is 6.30. The number of nitrogens with one attached hydrogen (secondary N) is 2. The predicted molar refractivity (Wildman–Crippen MR) is 80.3 cm³/mol. The van der Waals surface area contributed by atoms with Gasteiger partial charge in [-0.15, -0.1) is 12.4 Å². The fourth-order valence-corrected chi connectivity index (χ4v) is 2.62. The van der Waals surface area contributed by atoms with E-state index in [1.54, 1.807) is 12.3 Å². The Labute approximate surface area is 125 Å². The van der Waals surface area contributed by atoms with Gasteiger partial charge in [-0.3, -0.25) is 4.79 Å². The number of aromatic amines is 1. The Morgan fingerprint density at radius 2 is 2.16 bits per heavy atom. The lowest BCUT2D eigenvalue weighted by molar-refractivity contribution is 0.0637. The topological polar surface area (TPSA) is 48.1 Å². The van der Waals surface area contributed by atoms with Gasteiger partial charge in [0.1, 0.15) is 5.69 Å². The van der Waals surface area contributed by atoms with E-state index < -0.39 is 0 Å². The lowest BCUT2D eigenvalue weighted by Gasteiger charge is -2.34. The van der Waals surface area contributed by atoms with Crippen molar-refractivity contribution < 1.29 is 4.79 Å². The molecule has 108 valence electrons. The lowest BCUT2D eigenvalue weighted by Crippen LogP contribution is -2.46. The molecule has 2 N–H and O–H groups in total. The van der Waals surface area contributed by atoms with E-state index in [0.717, 1.165) is 38.9 Å². The summed E-state index contributed by atoms with van der Waals surface area (Å²) in [5, 5.41) is 3.91. The van der Waals surface area contributed by atoms with Crippen LogP contribution in [0.4, 0.5) is 0 Å². The summed E-state index contributed by atoms with van der Waals surface area (Å²) in [6.45, 7) is 4.89. The van der Waals surface area contributed by atoms with Crippen molar-refractivity contribution in [3.63, 3.8) is 0 Å². The van der Waals surface area contributed by atoms with Crippen molar-refractivity contribution >= 4 is 29.9 Å². The summed E-state index contributed by atoms with van der Waals surface area (Å²) in [6.07, 6.45) is 4.69. The average molecular weight is 306 g/mol. The largest absolute Gasteiger partial charge is 0.356 e. The molecule has 0 spiro atoms. The molecule has 0 bridgehead atoms. The Kier molecular flexibility index (Phi) is 6.69. The van der Waals surface area contributed by atoms with Gasteiger partial charge in [-0.1, -0.05) is 18.5 Å². The Hall–Kier alpha value is -0.710. The first-order chi connectivity index (χ1) is 8.72. The SMILES string of the molecule is CCCN(C(=O)c1cc(Cl)c[nH]1)C1CCNCC1.Cl. The van der Waals surface area contributed by atoms with Crippen LogP contribution in [0.1, 0.15) is 36.7 Å². The minimum absolute atomic E-state index is 0. The highest BCUT2D eigenvalue weighted by atomic mass is 35.5. The number of carbonyl (C=O) groups excluding carboxylic acids is 1. The van der Waals surface area contributed by atoms with E-state index in [0.29, 0.717) is 16.8 Å². The molecule has 4 nitrogen and oxygen atoms in total. The van der Waals surface area contributed by atoms with Crippen LogP contribution in [0.15, 0.2) is 12.3 Å². The molecular weight excluding hydrogens is 285 g/mol. The second-order valence-corrected chi connectivity index (χ2v) is 5.15. The van der Waals surface area contributed by atoms with Crippen LogP contribution in [-0.2, 0) is 0 Å². The lowest BCUT2D eigenvalue weighted by atomic mass is 10.0. The van der Waals surface area contributed by atoms with Crippen molar-refractivity contribution in [2.75, 3.05) is 19.6 Å². The van der Waals surface area contributed by atoms with E-state index in [4.69, 9.17) is 11.6 Å². The van der Waals surface area contributed by atoms with Gasteiger partial charge in [-0.05, 0) is 38.4 Å². The van der Waals surface area contributed by atoms with Gasteiger partial charge >= 0.3 is 0 Å². The summed E-state index contributed by atoms with van der Waals surface area (Å²) in [5.41, 5.74) is 0.590. The summed E-state index contributed by atoms with van der Waals surface area (Å²) >= 11 is 5.86. The number of piperidine rings is 1. The molecule has 0 aromatic carbocycles. The summed E-state index contributed by atoms with van der Waals surface area (Å²) in [4.78, 5) is 17.4. The van der Waals surface area contributed by atoms with E-state index in [1.165, 1.54) is 0 Å². The third kappa shape index (κ3) is 4.13. The quantitative estimate of drug-likeness (QED) is 0.898. The summed E-state index contributed by atoms with van der Waals surface area (Å²) < 4.78 is 0. The third-order valence-corrected chi connectivity index (χ3v) is 3.57. The third-order valence-electron chi connectivity index (χ3n) is 3.35. The molecular formula is C13H21Cl2N3O. The van der Waals surface area contributed by atoms with Crippen LogP contribution in [0, 0.1) is 0 Å². The molecule has 1 aliphatic heterocycles. The molecule has 0 atom stereocenters. The Morgan fingerprint density at radius 3 is 2.68 bits per heavy atom. The number of nitrogens with zero attached hydrogens (tertiary/aromatic N) is 1. The molecule has 1 fully saturated rings. The van der Waals surface area contributed by atoms with Gasteiger partial charge in [0.25, 0.3) is 5.91 Å². The van der Waals surface area contributed by atoms with Crippen LogP contribution < -0.4 is 5.32 Å². The fourth-order valence-electron chi connectivity index (χ4n) is 2.46. The van der Waals surface area contributed by atoms with Crippen molar-refractivity contribution in [1.82, 2.24) is 15.2 Å². The first-order valence-electron chi connectivity index (χ1n) is 6.58. The molecule has 6 heteroatoms. The Balaban J connectivity index is 0.00000180. The molecule has 0 radical (unpaired) electrons. The number of H-pyrrole nitrogens is 1. The summed E-state index contributed by atoms with van der Waals surface area (Å²) in [5.74, 6) is 0.0654. The van der Waals surface area contributed by atoms with Crippen molar-refractivity contribution in [3.8, 4) is 0 Å². The van der Waals surface area contributed by atoms with Gasteiger partial charge in [-0.2, -0.15) is 0 Å². The second-order valence-electron chi connectivity index (χ2n) is 4.71. The predicted octanol–water partition coefficient (Wildman–Crippen LogP) is 2.69. The Bertz CT molecular complexity index is 402. The maximum atomic E-state index is 12.5. The second kappa shape index (κ2) is 7.78. The van der Waals surface area contributed by atoms with E-state index >= 15 is 0 Å². The van der Waals surface area contributed by atoms with Gasteiger partial charge in [0.05, 0.1) is 5.02 Å². The molecule has 1 amide bonds. The van der Waals surface area contributed by atoms with E-state index in [1.807, 2.05) is 4.90 Å². The van der Waals surface area contributed by atoms with Gasteiger partial charge in [-0.25, -0.2) is 0 Å².